The Morgan fingerprint density at radius 2 is 2.33 bits per heavy atom. The van der Waals surface area contributed by atoms with E-state index >= 15 is 0 Å². The van der Waals surface area contributed by atoms with Crippen LogP contribution >= 0.6 is 11.8 Å². The second kappa shape index (κ2) is 4.58. The summed E-state index contributed by atoms with van der Waals surface area (Å²) in [5.41, 5.74) is 2.78. The van der Waals surface area contributed by atoms with E-state index in [2.05, 4.69) is 35.9 Å². The van der Waals surface area contributed by atoms with E-state index in [4.69, 9.17) is 0 Å². The van der Waals surface area contributed by atoms with Gasteiger partial charge in [0.2, 0.25) is 0 Å². The smallest absolute Gasteiger partial charge is 0.123 e. The van der Waals surface area contributed by atoms with Crippen molar-refractivity contribution in [3.63, 3.8) is 0 Å². The summed E-state index contributed by atoms with van der Waals surface area (Å²) in [7, 11) is 0. The van der Waals surface area contributed by atoms with Gasteiger partial charge in [0.05, 0.1) is 0 Å². The summed E-state index contributed by atoms with van der Waals surface area (Å²) in [6.45, 7) is 8.92. The Hall–Kier alpha value is -0.480. The highest BCUT2D eigenvalue weighted by molar-refractivity contribution is 7.99. The second-order valence-corrected chi connectivity index (χ2v) is 5.49. The lowest BCUT2D eigenvalue weighted by atomic mass is 10.1. The molecule has 0 aliphatic carbocycles. The van der Waals surface area contributed by atoms with Gasteiger partial charge in [0.25, 0.3) is 0 Å². The Bertz CT molecular complexity index is 333. The van der Waals surface area contributed by atoms with Crippen LogP contribution in [0.15, 0.2) is 5.03 Å². The first-order valence-corrected chi connectivity index (χ1v) is 6.64. The maximum Gasteiger partial charge on any atom is 0.123 e. The fourth-order valence-electron chi connectivity index (χ4n) is 1.99. The molecule has 3 nitrogen and oxygen atoms in total. The van der Waals surface area contributed by atoms with E-state index in [1.54, 1.807) is 0 Å². The van der Waals surface area contributed by atoms with Gasteiger partial charge in [0.15, 0.2) is 0 Å². The van der Waals surface area contributed by atoms with Crippen LogP contribution in [0.5, 0.6) is 0 Å². The molecule has 1 aromatic heterocycles. The lowest BCUT2D eigenvalue weighted by Gasteiger charge is -2.30. The normalized spacial score (nSPS) is 17.1. The van der Waals surface area contributed by atoms with Gasteiger partial charge in [-0.05, 0) is 19.6 Å². The molecule has 0 aromatic carbocycles. The monoisotopic (exact) mass is 225 g/mol. The van der Waals surface area contributed by atoms with E-state index in [0.717, 1.165) is 25.3 Å². The minimum absolute atomic E-state index is 0.632. The molecular formula is C11H19N3S. The van der Waals surface area contributed by atoms with Crippen LogP contribution in [0, 0.1) is 0 Å². The molecule has 0 radical (unpaired) electrons. The number of nitrogens with zero attached hydrogens (tertiary/aromatic N) is 2. The topological polar surface area (TPSA) is 31.9 Å². The molecule has 0 spiro atoms. The SMILES string of the molecule is CCSc1n[nH]c2c1CN(C(C)C)CC2. The fourth-order valence-corrected chi connectivity index (χ4v) is 2.73. The van der Waals surface area contributed by atoms with Crippen molar-refractivity contribution in [3.05, 3.63) is 11.3 Å². The van der Waals surface area contributed by atoms with E-state index in [0.29, 0.717) is 6.04 Å². The van der Waals surface area contributed by atoms with Crippen molar-refractivity contribution in [1.29, 1.82) is 0 Å². The van der Waals surface area contributed by atoms with Crippen molar-refractivity contribution in [2.24, 2.45) is 0 Å². The number of aromatic nitrogens is 2. The number of thioether (sulfide) groups is 1. The lowest BCUT2D eigenvalue weighted by molar-refractivity contribution is 0.201. The number of hydrogen-bond donors (Lipinski definition) is 1. The first-order chi connectivity index (χ1) is 7.22. The van der Waals surface area contributed by atoms with Crippen molar-refractivity contribution in [2.75, 3.05) is 12.3 Å². The first kappa shape index (κ1) is 11.0. The van der Waals surface area contributed by atoms with Gasteiger partial charge in [-0.2, -0.15) is 5.10 Å². The Morgan fingerprint density at radius 3 is 3.00 bits per heavy atom. The average Bonchev–Trinajstić information content (AvgIpc) is 2.61. The number of aromatic amines is 1. The summed E-state index contributed by atoms with van der Waals surface area (Å²) < 4.78 is 0. The van der Waals surface area contributed by atoms with Gasteiger partial charge in [-0.25, -0.2) is 0 Å². The zero-order valence-corrected chi connectivity index (χ0v) is 10.5. The molecule has 0 amide bonds. The molecule has 0 atom stereocenters. The predicted molar refractivity (Wildman–Crippen MR) is 64.2 cm³/mol. The predicted octanol–water partition coefficient (Wildman–Crippen LogP) is 2.29. The van der Waals surface area contributed by atoms with Crippen molar-refractivity contribution < 1.29 is 0 Å². The van der Waals surface area contributed by atoms with Crippen LogP contribution in [0.3, 0.4) is 0 Å². The van der Waals surface area contributed by atoms with Crippen molar-refractivity contribution in [2.45, 2.75) is 44.8 Å². The first-order valence-electron chi connectivity index (χ1n) is 5.65. The molecule has 1 aromatic rings. The standard InChI is InChI=1S/C11H19N3S/c1-4-15-11-9-7-14(8(2)3)6-5-10(9)12-13-11/h8H,4-7H2,1-3H3,(H,12,13). The van der Waals surface area contributed by atoms with E-state index in [1.165, 1.54) is 16.3 Å². The number of H-pyrrole nitrogens is 1. The lowest BCUT2D eigenvalue weighted by Crippen LogP contribution is -2.35. The van der Waals surface area contributed by atoms with E-state index in [1.807, 2.05) is 11.8 Å². The summed E-state index contributed by atoms with van der Waals surface area (Å²) in [6.07, 6.45) is 1.12. The third kappa shape index (κ3) is 2.21. The summed E-state index contributed by atoms with van der Waals surface area (Å²) in [4.78, 5) is 2.51. The van der Waals surface area contributed by atoms with Crippen LogP contribution in [0.25, 0.3) is 0 Å². The summed E-state index contributed by atoms with van der Waals surface area (Å²) in [5.74, 6) is 1.10. The molecule has 2 heterocycles. The molecule has 84 valence electrons. The molecule has 0 bridgehead atoms. The highest BCUT2D eigenvalue weighted by Gasteiger charge is 2.23. The summed E-state index contributed by atoms with van der Waals surface area (Å²) in [6, 6.07) is 0.632. The zero-order chi connectivity index (χ0) is 10.8. The largest absolute Gasteiger partial charge is 0.296 e. The van der Waals surface area contributed by atoms with Gasteiger partial charge in [-0.3, -0.25) is 10.00 Å². The average molecular weight is 225 g/mol. The van der Waals surface area contributed by atoms with Crippen LogP contribution in [0.1, 0.15) is 32.0 Å². The number of hydrogen-bond acceptors (Lipinski definition) is 3. The summed E-state index contributed by atoms with van der Waals surface area (Å²) >= 11 is 1.84. The summed E-state index contributed by atoms with van der Waals surface area (Å²) in [5, 5.41) is 8.77. The van der Waals surface area contributed by atoms with Gasteiger partial charge in [-0.15, -0.1) is 11.8 Å². The van der Waals surface area contributed by atoms with Crippen molar-refractivity contribution in [1.82, 2.24) is 15.1 Å². The third-order valence-corrected chi connectivity index (χ3v) is 3.84. The molecule has 0 saturated heterocycles. The quantitative estimate of drug-likeness (QED) is 0.801. The van der Waals surface area contributed by atoms with Gasteiger partial charge in [0.1, 0.15) is 5.03 Å². The Labute approximate surface area is 95.6 Å². The van der Waals surface area contributed by atoms with Gasteiger partial charge < -0.3 is 0 Å². The Balaban J connectivity index is 2.18. The van der Waals surface area contributed by atoms with Crippen LogP contribution < -0.4 is 0 Å². The molecule has 0 unspecified atom stereocenters. The van der Waals surface area contributed by atoms with Crippen molar-refractivity contribution >= 4 is 11.8 Å². The Morgan fingerprint density at radius 1 is 1.53 bits per heavy atom. The number of nitrogens with one attached hydrogen (secondary N) is 1. The van der Waals surface area contributed by atoms with Crippen LogP contribution in [0.2, 0.25) is 0 Å². The maximum absolute atomic E-state index is 4.39. The minimum atomic E-state index is 0.632. The number of fused-ring (bicyclic) bond motifs is 1. The number of rotatable bonds is 3. The van der Waals surface area contributed by atoms with E-state index in [-0.39, 0.29) is 0 Å². The molecule has 15 heavy (non-hydrogen) atoms. The molecule has 1 N–H and O–H groups in total. The highest BCUT2D eigenvalue weighted by atomic mass is 32.2. The van der Waals surface area contributed by atoms with Crippen LogP contribution in [-0.4, -0.2) is 33.4 Å². The molecule has 0 saturated carbocycles. The minimum Gasteiger partial charge on any atom is -0.296 e. The van der Waals surface area contributed by atoms with Gasteiger partial charge in [0, 0.05) is 36.8 Å². The van der Waals surface area contributed by atoms with Gasteiger partial charge in [-0.1, -0.05) is 6.92 Å². The van der Waals surface area contributed by atoms with Crippen molar-refractivity contribution in [3.8, 4) is 0 Å². The molecule has 0 fully saturated rings. The molecule has 1 aliphatic rings. The Kier molecular flexibility index (Phi) is 3.36. The molecule has 1 aliphatic heterocycles. The van der Waals surface area contributed by atoms with E-state index in [9.17, 15) is 0 Å². The fraction of sp³-hybridized carbons (Fsp3) is 0.727. The molecular weight excluding hydrogens is 206 g/mol. The molecule has 2 rings (SSSR count). The van der Waals surface area contributed by atoms with Crippen LogP contribution in [0.4, 0.5) is 0 Å². The van der Waals surface area contributed by atoms with Crippen LogP contribution in [-0.2, 0) is 13.0 Å². The second-order valence-electron chi connectivity index (χ2n) is 4.23. The highest BCUT2D eigenvalue weighted by Crippen LogP contribution is 2.28. The van der Waals surface area contributed by atoms with E-state index < -0.39 is 0 Å². The zero-order valence-electron chi connectivity index (χ0n) is 9.71. The van der Waals surface area contributed by atoms with Gasteiger partial charge >= 0.3 is 0 Å². The third-order valence-electron chi connectivity index (χ3n) is 2.94. The molecule has 4 heteroatoms. The maximum atomic E-state index is 4.39.